The van der Waals surface area contributed by atoms with E-state index in [1.807, 2.05) is 0 Å². The molecule has 0 unspecified atom stereocenters. The first kappa shape index (κ1) is 19.1. The Morgan fingerprint density at radius 3 is 2.50 bits per heavy atom. The van der Waals surface area contributed by atoms with Gasteiger partial charge in [0.25, 0.3) is 11.2 Å². The lowest BCUT2D eigenvalue weighted by molar-refractivity contribution is -0.384. The molecular weight excluding hydrogens is 392 g/mol. The van der Waals surface area contributed by atoms with Crippen LogP contribution in [0, 0.1) is 21.7 Å². The van der Waals surface area contributed by atoms with Crippen LogP contribution >= 0.6 is 0 Å². The molecule has 0 amide bonds. The van der Waals surface area contributed by atoms with Gasteiger partial charge in [-0.3, -0.25) is 19.5 Å². The van der Waals surface area contributed by atoms with Crippen molar-refractivity contribution in [3.8, 4) is 5.69 Å². The largest absolute Gasteiger partial charge is 0.271 e. The molecule has 6 nitrogen and oxygen atoms in total. The van der Waals surface area contributed by atoms with E-state index in [0.29, 0.717) is 16.5 Å². The quantitative estimate of drug-likeness (QED) is 0.363. The summed E-state index contributed by atoms with van der Waals surface area (Å²) >= 11 is 0. The molecule has 0 spiro atoms. The number of nitrogens with zero attached hydrogens (tertiary/aromatic N) is 3. The highest BCUT2D eigenvalue weighted by Crippen LogP contribution is 2.20. The smallest absolute Gasteiger partial charge is 0.268 e. The van der Waals surface area contributed by atoms with Crippen LogP contribution in [0.2, 0.25) is 0 Å². The predicted octanol–water partition coefficient (Wildman–Crippen LogP) is 4.74. The van der Waals surface area contributed by atoms with Crippen LogP contribution in [-0.2, 0) is 0 Å². The number of halogens is 2. The third-order valence-electron chi connectivity index (χ3n) is 4.47. The number of nitro groups is 1. The van der Waals surface area contributed by atoms with Crippen molar-refractivity contribution in [2.45, 2.75) is 0 Å². The molecule has 1 aromatic heterocycles. The van der Waals surface area contributed by atoms with Gasteiger partial charge in [-0.15, -0.1) is 0 Å². The average molecular weight is 405 g/mol. The Bertz CT molecular complexity index is 1380. The minimum Gasteiger partial charge on any atom is -0.268 e. The van der Waals surface area contributed by atoms with Crippen LogP contribution in [-0.4, -0.2) is 14.5 Å². The summed E-state index contributed by atoms with van der Waals surface area (Å²) < 4.78 is 27.9. The summed E-state index contributed by atoms with van der Waals surface area (Å²) in [6.45, 7) is 0. The molecule has 4 aromatic rings. The van der Waals surface area contributed by atoms with Gasteiger partial charge in [0, 0.05) is 12.1 Å². The van der Waals surface area contributed by atoms with Gasteiger partial charge >= 0.3 is 0 Å². The van der Waals surface area contributed by atoms with Crippen molar-refractivity contribution in [2.75, 3.05) is 0 Å². The van der Waals surface area contributed by atoms with Gasteiger partial charge < -0.3 is 0 Å². The minimum absolute atomic E-state index is 0.178. The average Bonchev–Trinajstić information content (AvgIpc) is 2.75. The maximum absolute atomic E-state index is 13.5. The fourth-order valence-corrected chi connectivity index (χ4v) is 3.04. The fraction of sp³-hybridized carbons (Fsp3) is 0. The number of rotatable bonds is 4. The van der Waals surface area contributed by atoms with Gasteiger partial charge in [-0.05, 0) is 42.0 Å². The Morgan fingerprint density at radius 2 is 1.73 bits per heavy atom. The second-order valence-corrected chi connectivity index (χ2v) is 6.41. The molecule has 0 atom stereocenters. The zero-order valence-corrected chi connectivity index (χ0v) is 15.3. The van der Waals surface area contributed by atoms with Crippen molar-refractivity contribution in [2.24, 2.45) is 0 Å². The normalized spacial score (nSPS) is 11.3. The van der Waals surface area contributed by atoms with Gasteiger partial charge in [-0.1, -0.05) is 30.3 Å². The number of para-hydroxylation sites is 1. The van der Waals surface area contributed by atoms with Crippen LogP contribution in [0.4, 0.5) is 14.5 Å². The SMILES string of the molecule is O=c1c2ccccc2nc(C=Cc2ccc(F)c(F)c2)n1-c1cccc([N+](=O)[O-])c1. The van der Waals surface area contributed by atoms with Crippen molar-refractivity contribution in [1.29, 1.82) is 0 Å². The second kappa shape index (κ2) is 7.67. The highest BCUT2D eigenvalue weighted by molar-refractivity contribution is 5.80. The first-order valence-electron chi connectivity index (χ1n) is 8.84. The van der Waals surface area contributed by atoms with Gasteiger partial charge in [0.2, 0.25) is 0 Å². The van der Waals surface area contributed by atoms with Crippen molar-refractivity contribution in [1.82, 2.24) is 9.55 Å². The monoisotopic (exact) mass is 405 g/mol. The molecule has 148 valence electrons. The van der Waals surface area contributed by atoms with Crippen molar-refractivity contribution < 1.29 is 13.7 Å². The molecule has 4 rings (SSSR count). The van der Waals surface area contributed by atoms with E-state index in [0.717, 1.165) is 12.1 Å². The molecule has 8 heteroatoms. The molecule has 0 aliphatic carbocycles. The van der Waals surface area contributed by atoms with Crippen LogP contribution in [0.15, 0.2) is 71.5 Å². The summed E-state index contributed by atoms with van der Waals surface area (Å²) in [7, 11) is 0. The third-order valence-corrected chi connectivity index (χ3v) is 4.47. The summed E-state index contributed by atoms with van der Waals surface area (Å²) in [6, 6.07) is 15.7. The molecule has 0 saturated carbocycles. The number of nitro benzene ring substituents is 1. The van der Waals surface area contributed by atoms with Gasteiger partial charge in [0.15, 0.2) is 11.6 Å². The molecule has 0 fully saturated rings. The summed E-state index contributed by atoms with van der Waals surface area (Å²) in [5.41, 5.74) is 0.475. The van der Waals surface area contributed by atoms with Gasteiger partial charge in [-0.25, -0.2) is 13.8 Å². The van der Waals surface area contributed by atoms with Gasteiger partial charge in [0.05, 0.1) is 21.5 Å². The van der Waals surface area contributed by atoms with Gasteiger partial charge in [0.1, 0.15) is 5.82 Å². The van der Waals surface area contributed by atoms with E-state index < -0.39 is 22.1 Å². The Labute approximate surface area is 168 Å². The van der Waals surface area contributed by atoms with Crippen LogP contribution in [0.3, 0.4) is 0 Å². The lowest BCUT2D eigenvalue weighted by atomic mass is 10.2. The molecule has 1 heterocycles. The topological polar surface area (TPSA) is 78.0 Å². The molecule has 3 aromatic carbocycles. The highest BCUT2D eigenvalue weighted by Gasteiger charge is 2.14. The lowest BCUT2D eigenvalue weighted by Crippen LogP contribution is -2.22. The zero-order valence-electron chi connectivity index (χ0n) is 15.3. The molecular formula is C22H13F2N3O3. The Balaban J connectivity index is 1.93. The maximum atomic E-state index is 13.5. The maximum Gasteiger partial charge on any atom is 0.271 e. The standard InChI is InChI=1S/C22H13F2N3O3/c23-18-10-8-14(12-19(18)24)9-11-21-25-20-7-2-1-6-17(20)22(28)26(21)15-4-3-5-16(13-15)27(29)30/h1-13H. The summed E-state index contributed by atoms with van der Waals surface area (Å²) in [4.78, 5) is 28.2. The number of hydrogen-bond donors (Lipinski definition) is 0. The fourth-order valence-electron chi connectivity index (χ4n) is 3.04. The molecule has 0 saturated heterocycles. The first-order chi connectivity index (χ1) is 14.4. The zero-order chi connectivity index (χ0) is 21.3. The molecule has 0 bridgehead atoms. The predicted molar refractivity (Wildman–Crippen MR) is 109 cm³/mol. The van der Waals surface area contributed by atoms with E-state index in [1.165, 1.54) is 41.0 Å². The van der Waals surface area contributed by atoms with Crippen LogP contribution in [0.5, 0.6) is 0 Å². The Hall–Kier alpha value is -4.20. The van der Waals surface area contributed by atoms with E-state index >= 15 is 0 Å². The van der Waals surface area contributed by atoms with E-state index in [2.05, 4.69) is 4.98 Å². The summed E-state index contributed by atoms with van der Waals surface area (Å²) in [6.07, 6.45) is 2.95. The number of aromatic nitrogens is 2. The first-order valence-corrected chi connectivity index (χ1v) is 8.84. The Kier molecular flexibility index (Phi) is 4.89. The van der Waals surface area contributed by atoms with Crippen molar-refractivity contribution in [3.05, 3.63) is 110 Å². The van der Waals surface area contributed by atoms with Crippen LogP contribution < -0.4 is 5.56 Å². The Morgan fingerprint density at radius 1 is 0.933 bits per heavy atom. The van der Waals surface area contributed by atoms with E-state index in [4.69, 9.17) is 0 Å². The van der Waals surface area contributed by atoms with E-state index in [1.54, 1.807) is 30.3 Å². The van der Waals surface area contributed by atoms with Gasteiger partial charge in [-0.2, -0.15) is 0 Å². The molecule has 0 aliphatic rings. The molecule has 0 radical (unpaired) electrons. The van der Waals surface area contributed by atoms with E-state index in [9.17, 15) is 23.7 Å². The highest BCUT2D eigenvalue weighted by atomic mass is 19.2. The molecule has 0 aliphatic heterocycles. The number of non-ortho nitro benzene ring substituents is 1. The molecule has 0 N–H and O–H groups in total. The number of hydrogen-bond acceptors (Lipinski definition) is 4. The number of benzene rings is 3. The minimum atomic E-state index is -1.00. The third kappa shape index (κ3) is 3.58. The number of fused-ring (bicyclic) bond motifs is 1. The van der Waals surface area contributed by atoms with E-state index in [-0.39, 0.29) is 17.2 Å². The van der Waals surface area contributed by atoms with Crippen molar-refractivity contribution >= 4 is 28.7 Å². The molecule has 30 heavy (non-hydrogen) atoms. The van der Waals surface area contributed by atoms with Crippen LogP contribution in [0.25, 0.3) is 28.7 Å². The van der Waals surface area contributed by atoms with Crippen LogP contribution in [0.1, 0.15) is 11.4 Å². The van der Waals surface area contributed by atoms with Crippen molar-refractivity contribution in [3.63, 3.8) is 0 Å². The lowest BCUT2D eigenvalue weighted by Gasteiger charge is -2.11. The summed E-state index contributed by atoms with van der Waals surface area (Å²) in [5.74, 6) is -1.78. The summed E-state index contributed by atoms with van der Waals surface area (Å²) in [5, 5.41) is 11.5. The second-order valence-electron chi connectivity index (χ2n) is 6.41.